The van der Waals surface area contributed by atoms with Gasteiger partial charge in [0.1, 0.15) is 0 Å². The van der Waals surface area contributed by atoms with E-state index < -0.39 is 12.4 Å². The van der Waals surface area contributed by atoms with Crippen LogP contribution in [0.25, 0.3) is 0 Å². The number of hydrogen-bond acceptors (Lipinski definition) is 2. The van der Waals surface area contributed by atoms with Crippen molar-refractivity contribution in [2.24, 2.45) is 5.92 Å². The smallest absolute Gasteiger partial charge is 0.334 e. The lowest BCUT2D eigenvalue weighted by Gasteiger charge is -2.13. The molecule has 0 rings (SSSR count). The first-order chi connectivity index (χ1) is 6.34. The van der Waals surface area contributed by atoms with Crippen molar-refractivity contribution >= 4 is 5.97 Å². The summed E-state index contributed by atoms with van der Waals surface area (Å²) in [6.45, 7) is 6.71. The van der Waals surface area contributed by atoms with E-state index in [1.165, 1.54) is 0 Å². The predicted molar refractivity (Wildman–Crippen MR) is 50.2 cm³/mol. The maximum Gasteiger partial charge on any atom is 0.334 e. The van der Waals surface area contributed by atoms with E-state index in [1.807, 2.05) is 0 Å². The molecule has 0 amide bonds. The highest BCUT2D eigenvalue weighted by atomic mass is 19.3. The van der Waals surface area contributed by atoms with Gasteiger partial charge in [-0.3, -0.25) is 0 Å². The van der Waals surface area contributed by atoms with Crippen molar-refractivity contribution in [3.8, 4) is 0 Å². The number of halogens is 2. The summed E-state index contributed by atoms with van der Waals surface area (Å²) in [6.07, 6.45) is -2.26. The number of carbonyl (C=O) groups is 1. The highest BCUT2D eigenvalue weighted by Gasteiger charge is 2.18. The molecule has 0 bridgehead atoms. The summed E-state index contributed by atoms with van der Waals surface area (Å²) < 4.78 is 29.0. The molecule has 0 radical (unpaired) electrons. The Morgan fingerprint density at radius 1 is 1.21 bits per heavy atom. The molecule has 0 unspecified atom stereocenters. The molecule has 0 spiro atoms. The van der Waals surface area contributed by atoms with Gasteiger partial charge in [0.05, 0.1) is 6.10 Å². The Bertz CT molecular complexity index is 220. The van der Waals surface area contributed by atoms with Crippen molar-refractivity contribution in [1.82, 2.24) is 0 Å². The topological polar surface area (TPSA) is 26.3 Å². The molecule has 0 fully saturated rings. The molecule has 0 atom stereocenters. The highest BCUT2D eigenvalue weighted by Crippen LogP contribution is 2.15. The van der Waals surface area contributed by atoms with E-state index in [-0.39, 0.29) is 17.6 Å². The fourth-order valence-corrected chi connectivity index (χ4v) is 0.914. The minimum atomic E-state index is -2.62. The molecule has 0 aliphatic heterocycles. The minimum Gasteiger partial charge on any atom is -0.460 e. The van der Waals surface area contributed by atoms with Crippen LogP contribution >= 0.6 is 0 Å². The molecule has 0 heterocycles. The van der Waals surface area contributed by atoms with E-state index >= 15 is 0 Å². The first-order valence-electron chi connectivity index (χ1n) is 4.55. The quantitative estimate of drug-likeness (QED) is 0.522. The highest BCUT2D eigenvalue weighted by molar-refractivity contribution is 5.89. The van der Waals surface area contributed by atoms with Crippen molar-refractivity contribution < 1.29 is 18.3 Å². The number of esters is 1. The van der Waals surface area contributed by atoms with Crippen LogP contribution in [0, 0.1) is 5.92 Å². The van der Waals surface area contributed by atoms with Crippen LogP contribution in [-0.2, 0) is 9.53 Å². The summed E-state index contributed by atoms with van der Waals surface area (Å²) in [7, 11) is 0. The summed E-state index contributed by atoms with van der Waals surface area (Å²) in [5.41, 5.74) is 0.0358. The summed E-state index contributed by atoms with van der Waals surface area (Å²) in [5, 5.41) is 0. The third-order valence-electron chi connectivity index (χ3n) is 1.51. The molecule has 14 heavy (non-hydrogen) atoms. The van der Waals surface area contributed by atoms with Crippen molar-refractivity contribution in [2.75, 3.05) is 0 Å². The fourth-order valence-electron chi connectivity index (χ4n) is 0.914. The molecular formula is C10H16F2O2. The first-order valence-corrected chi connectivity index (χ1v) is 4.55. The maximum atomic E-state index is 12.1. The second-order valence-corrected chi connectivity index (χ2v) is 3.57. The lowest BCUT2D eigenvalue weighted by molar-refractivity contribution is -0.143. The van der Waals surface area contributed by atoms with Gasteiger partial charge in [0, 0.05) is 5.57 Å². The van der Waals surface area contributed by atoms with Crippen LogP contribution in [0.5, 0.6) is 0 Å². The third kappa shape index (κ3) is 4.94. The molecule has 0 saturated heterocycles. The lowest BCUT2D eigenvalue weighted by atomic mass is 10.0. The molecule has 82 valence electrons. The average Bonchev–Trinajstić information content (AvgIpc) is 1.97. The second kappa shape index (κ2) is 5.73. The van der Waals surface area contributed by atoms with Crippen molar-refractivity contribution in [3.63, 3.8) is 0 Å². The van der Waals surface area contributed by atoms with Crippen LogP contribution in [0.3, 0.4) is 0 Å². The first kappa shape index (κ1) is 13.1. The van der Waals surface area contributed by atoms with Crippen LogP contribution in [-0.4, -0.2) is 18.5 Å². The Morgan fingerprint density at radius 2 is 1.71 bits per heavy atom. The SMILES string of the molecule is CC(C)OC(=O)/C(=C\C(F)F)C(C)C. The average molecular weight is 206 g/mol. The van der Waals surface area contributed by atoms with Gasteiger partial charge in [-0.2, -0.15) is 0 Å². The molecule has 0 saturated carbocycles. The van der Waals surface area contributed by atoms with Crippen LogP contribution in [0.4, 0.5) is 8.78 Å². The Hall–Kier alpha value is -0.930. The maximum absolute atomic E-state index is 12.1. The van der Waals surface area contributed by atoms with Crippen LogP contribution < -0.4 is 0 Å². The second-order valence-electron chi connectivity index (χ2n) is 3.57. The van der Waals surface area contributed by atoms with Crippen LogP contribution in [0.15, 0.2) is 11.6 Å². The molecule has 0 aliphatic carbocycles. The number of carbonyl (C=O) groups excluding carboxylic acids is 1. The number of rotatable bonds is 4. The Kier molecular flexibility index (Phi) is 5.35. The number of alkyl halides is 2. The summed E-state index contributed by atoms with van der Waals surface area (Å²) in [5.74, 6) is -0.912. The molecule has 2 nitrogen and oxygen atoms in total. The van der Waals surface area contributed by atoms with E-state index in [0.717, 1.165) is 0 Å². The molecule has 0 N–H and O–H groups in total. The van der Waals surface area contributed by atoms with Gasteiger partial charge >= 0.3 is 5.97 Å². The van der Waals surface area contributed by atoms with E-state index in [1.54, 1.807) is 27.7 Å². The summed E-state index contributed by atoms with van der Waals surface area (Å²) >= 11 is 0. The number of ether oxygens (including phenoxy) is 1. The van der Waals surface area contributed by atoms with Crippen LogP contribution in [0.1, 0.15) is 27.7 Å². The van der Waals surface area contributed by atoms with Crippen molar-refractivity contribution in [3.05, 3.63) is 11.6 Å². The van der Waals surface area contributed by atoms with Crippen molar-refractivity contribution in [2.45, 2.75) is 40.2 Å². The summed E-state index contributed by atoms with van der Waals surface area (Å²) in [4.78, 5) is 11.3. The van der Waals surface area contributed by atoms with E-state index in [4.69, 9.17) is 4.74 Å². The number of hydrogen-bond donors (Lipinski definition) is 0. The standard InChI is InChI=1S/C10H16F2O2/c1-6(2)8(5-9(11)12)10(13)14-7(3)4/h5-7,9H,1-4H3/b8-5-. The largest absolute Gasteiger partial charge is 0.460 e. The molecule has 0 aliphatic rings. The Balaban J connectivity index is 4.59. The zero-order valence-corrected chi connectivity index (χ0v) is 8.88. The van der Waals surface area contributed by atoms with E-state index in [9.17, 15) is 13.6 Å². The Labute approximate surface area is 82.9 Å². The summed E-state index contributed by atoms with van der Waals surface area (Å²) in [6, 6.07) is 0. The minimum absolute atomic E-state index is 0.0358. The van der Waals surface area contributed by atoms with Gasteiger partial charge in [-0.1, -0.05) is 13.8 Å². The predicted octanol–water partition coefficient (Wildman–Crippen LogP) is 2.79. The van der Waals surface area contributed by atoms with Gasteiger partial charge in [-0.25, -0.2) is 13.6 Å². The molecule has 0 aromatic carbocycles. The Morgan fingerprint density at radius 3 is 2.00 bits per heavy atom. The van der Waals surface area contributed by atoms with Gasteiger partial charge in [0.25, 0.3) is 6.43 Å². The normalized spacial score (nSPS) is 12.8. The van der Waals surface area contributed by atoms with Gasteiger partial charge in [0.15, 0.2) is 0 Å². The third-order valence-corrected chi connectivity index (χ3v) is 1.51. The van der Waals surface area contributed by atoms with E-state index in [0.29, 0.717) is 6.08 Å². The van der Waals surface area contributed by atoms with Gasteiger partial charge < -0.3 is 4.74 Å². The molecule has 0 aromatic heterocycles. The zero-order valence-electron chi connectivity index (χ0n) is 8.88. The molecule has 4 heteroatoms. The molecule has 0 aromatic rings. The van der Waals surface area contributed by atoms with Crippen molar-refractivity contribution in [1.29, 1.82) is 0 Å². The zero-order chi connectivity index (χ0) is 11.3. The molecular weight excluding hydrogens is 190 g/mol. The van der Waals surface area contributed by atoms with Crippen LogP contribution in [0.2, 0.25) is 0 Å². The fraction of sp³-hybridized carbons (Fsp3) is 0.700. The lowest BCUT2D eigenvalue weighted by Crippen LogP contribution is -2.17. The van der Waals surface area contributed by atoms with Gasteiger partial charge in [-0.15, -0.1) is 0 Å². The van der Waals surface area contributed by atoms with Gasteiger partial charge in [-0.05, 0) is 25.8 Å². The van der Waals surface area contributed by atoms with Gasteiger partial charge in [0.2, 0.25) is 0 Å². The monoisotopic (exact) mass is 206 g/mol. The van der Waals surface area contributed by atoms with E-state index in [2.05, 4.69) is 0 Å². The number of allylic oxidation sites excluding steroid dienone is 1.